The molecule has 1 aliphatic carbocycles. The van der Waals surface area contributed by atoms with E-state index >= 15 is 0 Å². The molecule has 0 bridgehead atoms. The van der Waals surface area contributed by atoms with Crippen LogP contribution in [0, 0.1) is 5.92 Å². The average Bonchev–Trinajstić information content (AvgIpc) is 2.90. The fourth-order valence-corrected chi connectivity index (χ4v) is 2.85. The molecule has 3 nitrogen and oxygen atoms in total. The number of benzene rings is 2. The number of nitrogens with zero attached hydrogens (tertiary/aromatic N) is 1. The average molecular weight is 305 g/mol. The minimum Gasteiger partial charge on any atom is -0.378 e. The molecule has 0 heterocycles. The highest BCUT2D eigenvalue weighted by Gasteiger charge is 2.33. The van der Waals surface area contributed by atoms with Crippen molar-refractivity contribution in [3.8, 4) is 0 Å². The van der Waals surface area contributed by atoms with Crippen LogP contribution in [0.5, 0.6) is 0 Å². The molecular formula is C20H19NO2. The Bertz CT molecular complexity index is 772. The summed E-state index contributed by atoms with van der Waals surface area (Å²) < 4.78 is 0. The van der Waals surface area contributed by atoms with Gasteiger partial charge >= 0.3 is 0 Å². The number of carbonyl (C=O) groups excluding carboxylic acids is 2. The van der Waals surface area contributed by atoms with E-state index in [0.717, 1.165) is 16.8 Å². The molecule has 0 N–H and O–H groups in total. The normalized spacial score (nSPS) is 16.6. The van der Waals surface area contributed by atoms with Gasteiger partial charge in [-0.15, -0.1) is 0 Å². The van der Waals surface area contributed by atoms with Crippen LogP contribution >= 0.6 is 0 Å². The molecule has 1 aliphatic rings. The number of rotatable bonds is 4. The van der Waals surface area contributed by atoms with Crippen molar-refractivity contribution in [3.05, 3.63) is 71.3 Å². The van der Waals surface area contributed by atoms with Gasteiger partial charge in [0.15, 0.2) is 11.6 Å². The summed E-state index contributed by atoms with van der Waals surface area (Å²) in [6.45, 7) is 0. The molecule has 0 radical (unpaired) electrons. The summed E-state index contributed by atoms with van der Waals surface area (Å²) in [6, 6.07) is 15.4. The molecule has 2 aromatic rings. The van der Waals surface area contributed by atoms with E-state index in [0.29, 0.717) is 12.0 Å². The summed E-state index contributed by atoms with van der Waals surface area (Å²) in [4.78, 5) is 26.7. The zero-order valence-corrected chi connectivity index (χ0v) is 13.3. The van der Waals surface area contributed by atoms with Gasteiger partial charge in [-0.25, -0.2) is 0 Å². The summed E-state index contributed by atoms with van der Waals surface area (Å²) in [5, 5.41) is 0. The third-order valence-corrected chi connectivity index (χ3v) is 4.22. The number of ketones is 2. The highest BCUT2D eigenvalue weighted by molar-refractivity contribution is 6.17. The molecule has 116 valence electrons. The molecule has 0 amide bonds. The highest BCUT2D eigenvalue weighted by Crippen LogP contribution is 2.27. The molecular weight excluding hydrogens is 286 g/mol. The SMILES string of the molecule is CN(C)c1ccc(/C=C/C(=O)C2Cc3ccccc3C2=O)cc1. The highest BCUT2D eigenvalue weighted by atomic mass is 16.2. The number of allylic oxidation sites excluding steroid dienone is 1. The van der Waals surface area contributed by atoms with Gasteiger partial charge in [-0.2, -0.15) is 0 Å². The Balaban J connectivity index is 1.71. The topological polar surface area (TPSA) is 37.4 Å². The van der Waals surface area contributed by atoms with Crippen LogP contribution in [-0.2, 0) is 11.2 Å². The zero-order valence-electron chi connectivity index (χ0n) is 13.3. The van der Waals surface area contributed by atoms with E-state index < -0.39 is 5.92 Å². The Hall–Kier alpha value is -2.68. The lowest BCUT2D eigenvalue weighted by atomic mass is 9.98. The van der Waals surface area contributed by atoms with Crippen LogP contribution in [0.15, 0.2) is 54.6 Å². The van der Waals surface area contributed by atoms with E-state index in [2.05, 4.69) is 0 Å². The third-order valence-electron chi connectivity index (χ3n) is 4.22. The molecule has 1 unspecified atom stereocenters. The molecule has 0 spiro atoms. The lowest BCUT2D eigenvalue weighted by Gasteiger charge is -2.11. The molecule has 23 heavy (non-hydrogen) atoms. The zero-order chi connectivity index (χ0) is 16.4. The standard InChI is InChI=1S/C20H19NO2/c1-21(2)16-10-7-14(8-11-16)9-12-19(22)18-13-15-5-3-4-6-17(15)20(18)23/h3-12,18H,13H2,1-2H3/b12-9+. The van der Waals surface area contributed by atoms with Crippen molar-refractivity contribution in [3.63, 3.8) is 0 Å². The number of hydrogen-bond donors (Lipinski definition) is 0. The first-order valence-corrected chi connectivity index (χ1v) is 7.67. The van der Waals surface area contributed by atoms with E-state index in [4.69, 9.17) is 0 Å². The number of fused-ring (bicyclic) bond motifs is 1. The Labute approximate surface area is 136 Å². The fraction of sp³-hybridized carbons (Fsp3) is 0.200. The number of anilines is 1. The van der Waals surface area contributed by atoms with Crippen molar-refractivity contribution >= 4 is 23.3 Å². The lowest BCUT2D eigenvalue weighted by Crippen LogP contribution is -2.18. The quantitative estimate of drug-likeness (QED) is 0.642. The number of carbonyl (C=O) groups is 2. The summed E-state index contributed by atoms with van der Waals surface area (Å²) in [5.74, 6) is -0.745. The molecule has 3 rings (SSSR count). The van der Waals surface area contributed by atoms with E-state index in [9.17, 15) is 9.59 Å². The van der Waals surface area contributed by atoms with Crippen LogP contribution in [0.4, 0.5) is 5.69 Å². The predicted molar refractivity (Wildman–Crippen MR) is 92.8 cm³/mol. The van der Waals surface area contributed by atoms with E-state index in [-0.39, 0.29) is 11.6 Å². The van der Waals surface area contributed by atoms with Gasteiger partial charge < -0.3 is 4.90 Å². The molecule has 3 heteroatoms. The smallest absolute Gasteiger partial charge is 0.174 e. The first kappa shape index (κ1) is 15.2. The van der Waals surface area contributed by atoms with Gasteiger partial charge in [-0.1, -0.05) is 42.5 Å². The molecule has 0 saturated carbocycles. The maximum absolute atomic E-state index is 12.4. The van der Waals surface area contributed by atoms with Gasteiger partial charge in [0.1, 0.15) is 0 Å². The van der Waals surface area contributed by atoms with Crippen LogP contribution in [0.2, 0.25) is 0 Å². The van der Waals surface area contributed by atoms with Crippen LogP contribution in [-0.4, -0.2) is 25.7 Å². The second-order valence-electron chi connectivity index (χ2n) is 6.00. The number of Topliss-reactive ketones (excluding diaryl/α,β-unsaturated/α-hetero) is 1. The van der Waals surface area contributed by atoms with Crippen molar-refractivity contribution < 1.29 is 9.59 Å². The second-order valence-corrected chi connectivity index (χ2v) is 6.00. The Kier molecular flexibility index (Phi) is 4.11. The van der Waals surface area contributed by atoms with Gasteiger partial charge in [-0.3, -0.25) is 9.59 Å². The Morgan fingerprint density at radius 3 is 2.43 bits per heavy atom. The molecule has 1 atom stereocenters. The maximum Gasteiger partial charge on any atom is 0.174 e. The summed E-state index contributed by atoms with van der Waals surface area (Å²) in [6.07, 6.45) is 3.81. The Morgan fingerprint density at radius 2 is 1.78 bits per heavy atom. The van der Waals surface area contributed by atoms with Gasteiger partial charge in [0.25, 0.3) is 0 Å². The minimum absolute atomic E-state index is 0.0572. The van der Waals surface area contributed by atoms with Crippen molar-refractivity contribution in [2.24, 2.45) is 5.92 Å². The first-order valence-electron chi connectivity index (χ1n) is 7.67. The molecule has 0 fully saturated rings. The monoisotopic (exact) mass is 305 g/mol. The Morgan fingerprint density at radius 1 is 1.09 bits per heavy atom. The maximum atomic E-state index is 12.4. The van der Waals surface area contributed by atoms with Gasteiger partial charge in [0.2, 0.25) is 0 Å². The van der Waals surface area contributed by atoms with Crippen LogP contribution in [0.25, 0.3) is 6.08 Å². The fourth-order valence-electron chi connectivity index (χ4n) is 2.85. The van der Waals surface area contributed by atoms with Gasteiger partial charge in [0, 0.05) is 25.3 Å². The van der Waals surface area contributed by atoms with E-state index in [1.807, 2.05) is 61.5 Å². The number of hydrogen-bond acceptors (Lipinski definition) is 3. The molecule has 0 saturated heterocycles. The van der Waals surface area contributed by atoms with Crippen molar-refractivity contribution in [1.82, 2.24) is 0 Å². The summed E-state index contributed by atoms with van der Waals surface area (Å²) in [7, 11) is 3.97. The van der Waals surface area contributed by atoms with Crippen molar-refractivity contribution in [2.45, 2.75) is 6.42 Å². The lowest BCUT2D eigenvalue weighted by molar-refractivity contribution is -0.116. The van der Waals surface area contributed by atoms with Gasteiger partial charge in [-0.05, 0) is 35.8 Å². The summed E-state index contributed by atoms with van der Waals surface area (Å²) in [5.41, 5.74) is 3.72. The molecule has 0 aromatic heterocycles. The minimum atomic E-state index is -0.565. The summed E-state index contributed by atoms with van der Waals surface area (Å²) >= 11 is 0. The van der Waals surface area contributed by atoms with E-state index in [1.54, 1.807) is 12.1 Å². The van der Waals surface area contributed by atoms with Crippen LogP contribution in [0.3, 0.4) is 0 Å². The predicted octanol–water partition coefficient (Wildman–Crippen LogP) is 3.39. The van der Waals surface area contributed by atoms with Crippen molar-refractivity contribution in [1.29, 1.82) is 0 Å². The van der Waals surface area contributed by atoms with Crippen LogP contribution < -0.4 is 4.90 Å². The second kappa shape index (κ2) is 6.21. The van der Waals surface area contributed by atoms with Gasteiger partial charge in [0.05, 0.1) is 5.92 Å². The third kappa shape index (κ3) is 3.09. The van der Waals surface area contributed by atoms with Crippen molar-refractivity contribution in [2.75, 3.05) is 19.0 Å². The first-order chi connectivity index (χ1) is 11.1. The molecule has 2 aromatic carbocycles. The van der Waals surface area contributed by atoms with E-state index in [1.165, 1.54) is 6.08 Å². The molecule has 0 aliphatic heterocycles. The largest absolute Gasteiger partial charge is 0.378 e. The van der Waals surface area contributed by atoms with Crippen LogP contribution in [0.1, 0.15) is 21.5 Å².